The Labute approximate surface area is 211 Å². The van der Waals surface area contributed by atoms with Crippen molar-refractivity contribution < 1.29 is 9.90 Å². The summed E-state index contributed by atoms with van der Waals surface area (Å²) in [5.41, 5.74) is 3.28. The Morgan fingerprint density at radius 1 is 1.08 bits per heavy atom. The second kappa shape index (κ2) is 8.44. The molecule has 3 N–H and O–H groups in total. The van der Waals surface area contributed by atoms with Gasteiger partial charge in [0.15, 0.2) is 5.72 Å². The van der Waals surface area contributed by atoms with Crippen molar-refractivity contribution in [2.75, 3.05) is 10.2 Å². The standard InChI is InChI=1S/C27H21ClN6O2/c1-16-7-9-18(28)14-23(16)34-24(15-35)19-5-2-3-6-20(19)27(34,36)17-8-10-21-22(13-17)32-26(31-21)33-25-29-11-4-12-30-25/h2-15,24,36H,1H3,(H2,29,30,31,32,33). The maximum Gasteiger partial charge on any atom is 0.229 e. The van der Waals surface area contributed by atoms with Gasteiger partial charge in [-0.3, -0.25) is 5.32 Å². The first-order valence-corrected chi connectivity index (χ1v) is 11.7. The molecule has 0 fully saturated rings. The van der Waals surface area contributed by atoms with E-state index in [1.54, 1.807) is 35.5 Å². The predicted octanol–water partition coefficient (Wildman–Crippen LogP) is 5.01. The maximum atomic E-state index is 12.5. The van der Waals surface area contributed by atoms with Gasteiger partial charge >= 0.3 is 0 Å². The number of halogens is 1. The van der Waals surface area contributed by atoms with Crippen molar-refractivity contribution in [2.24, 2.45) is 0 Å². The van der Waals surface area contributed by atoms with Gasteiger partial charge in [0.1, 0.15) is 12.3 Å². The highest BCUT2D eigenvalue weighted by molar-refractivity contribution is 6.30. The number of rotatable bonds is 5. The van der Waals surface area contributed by atoms with Gasteiger partial charge in [0.2, 0.25) is 11.9 Å². The largest absolute Gasteiger partial charge is 0.363 e. The maximum absolute atomic E-state index is 12.5. The summed E-state index contributed by atoms with van der Waals surface area (Å²) in [7, 11) is 0. The van der Waals surface area contributed by atoms with E-state index in [9.17, 15) is 9.90 Å². The minimum atomic E-state index is -1.63. The summed E-state index contributed by atoms with van der Waals surface area (Å²) in [5, 5.41) is 16.1. The van der Waals surface area contributed by atoms with Crippen LogP contribution in [0.15, 0.2) is 79.1 Å². The molecule has 6 rings (SSSR count). The monoisotopic (exact) mass is 496 g/mol. The van der Waals surface area contributed by atoms with E-state index in [2.05, 4.69) is 25.3 Å². The molecule has 2 atom stereocenters. The number of carbonyl (C=O) groups is 1. The van der Waals surface area contributed by atoms with Crippen LogP contribution in [0.1, 0.15) is 28.3 Å². The van der Waals surface area contributed by atoms with Crippen LogP contribution in [0.3, 0.4) is 0 Å². The van der Waals surface area contributed by atoms with E-state index in [1.807, 2.05) is 55.5 Å². The number of aromatic amines is 1. The molecule has 36 heavy (non-hydrogen) atoms. The molecule has 0 bridgehead atoms. The second-order valence-corrected chi connectivity index (χ2v) is 9.09. The minimum absolute atomic E-state index is 0.413. The molecular formula is C27H21ClN6O2. The second-order valence-electron chi connectivity index (χ2n) is 8.66. The minimum Gasteiger partial charge on any atom is -0.363 e. The van der Waals surface area contributed by atoms with Crippen LogP contribution in [0, 0.1) is 6.92 Å². The fourth-order valence-corrected chi connectivity index (χ4v) is 5.06. The van der Waals surface area contributed by atoms with Gasteiger partial charge < -0.3 is 19.8 Å². The average Bonchev–Trinajstić information content (AvgIpc) is 3.41. The fourth-order valence-electron chi connectivity index (χ4n) is 4.89. The number of carbonyl (C=O) groups excluding carboxylic acids is 1. The van der Waals surface area contributed by atoms with E-state index >= 15 is 0 Å². The van der Waals surface area contributed by atoms with Crippen molar-refractivity contribution in [2.45, 2.75) is 18.7 Å². The zero-order valence-electron chi connectivity index (χ0n) is 19.2. The van der Waals surface area contributed by atoms with Gasteiger partial charge in [-0.25, -0.2) is 15.0 Å². The summed E-state index contributed by atoms with van der Waals surface area (Å²) < 4.78 is 0. The molecule has 0 radical (unpaired) electrons. The van der Waals surface area contributed by atoms with Crippen LogP contribution in [-0.2, 0) is 10.5 Å². The van der Waals surface area contributed by atoms with Crippen LogP contribution in [0.2, 0.25) is 5.02 Å². The third-order valence-corrected chi connectivity index (χ3v) is 6.76. The highest BCUT2D eigenvalue weighted by atomic mass is 35.5. The number of hydrogen-bond acceptors (Lipinski definition) is 7. The van der Waals surface area contributed by atoms with Crippen LogP contribution >= 0.6 is 11.6 Å². The number of hydrogen-bond donors (Lipinski definition) is 3. The number of fused-ring (bicyclic) bond motifs is 2. The van der Waals surface area contributed by atoms with Gasteiger partial charge in [-0.1, -0.05) is 48.0 Å². The lowest BCUT2D eigenvalue weighted by atomic mass is 9.93. The first-order chi connectivity index (χ1) is 17.5. The summed E-state index contributed by atoms with van der Waals surface area (Å²) in [6.45, 7) is 1.93. The van der Waals surface area contributed by atoms with Crippen molar-refractivity contribution in [1.82, 2.24) is 19.9 Å². The summed E-state index contributed by atoms with van der Waals surface area (Å²) in [4.78, 5) is 30.3. The third-order valence-electron chi connectivity index (χ3n) is 6.52. The smallest absolute Gasteiger partial charge is 0.229 e. The first kappa shape index (κ1) is 22.2. The molecule has 2 aromatic heterocycles. The molecule has 1 aliphatic rings. The third kappa shape index (κ3) is 3.42. The highest BCUT2D eigenvalue weighted by Crippen LogP contribution is 2.51. The molecule has 0 amide bonds. The number of anilines is 3. The van der Waals surface area contributed by atoms with E-state index < -0.39 is 11.8 Å². The lowest BCUT2D eigenvalue weighted by Gasteiger charge is -2.39. The van der Waals surface area contributed by atoms with Crippen LogP contribution < -0.4 is 10.2 Å². The van der Waals surface area contributed by atoms with E-state index in [4.69, 9.17) is 11.6 Å². The molecule has 0 saturated heterocycles. The Bertz CT molecular complexity index is 1610. The molecule has 178 valence electrons. The van der Waals surface area contributed by atoms with Crippen LogP contribution in [0.25, 0.3) is 11.0 Å². The summed E-state index contributed by atoms with van der Waals surface area (Å²) >= 11 is 6.36. The normalized spacial score (nSPS) is 18.9. The molecule has 5 aromatic rings. The predicted molar refractivity (Wildman–Crippen MR) is 138 cm³/mol. The van der Waals surface area contributed by atoms with Gasteiger partial charge in [0, 0.05) is 34.2 Å². The topological polar surface area (TPSA) is 107 Å². The van der Waals surface area contributed by atoms with E-state index in [0.717, 1.165) is 17.4 Å². The lowest BCUT2D eigenvalue weighted by Crippen LogP contribution is -2.44. The Balaban J connectivity index is 1.52. The van der Waals surface area contributed by atoms with Crippen LogP contribution in [0.4, 0.5) is 17.6 Å². The number of aldehydes is 1. The van der Waals surface area contributed by atoms with Crippen LogP contribution in [0.5, 0.6) is 0 Å². The van der Waals surface area contributed by atoms with Gasteiger partial charge in [-0.2, -0.15) is 0 Å². The van der Waals surface area contributed by atoms with Crippen molar-refractivity contribution in [3.05, 3.63) is 106 Å². The van der Waals surface area contributed by atoms with Gasteiger partial charge in [0.25, 0.3) is 0 Å². The quantitative estimate of drug-likeness (QED) is 0.293. The summed E-state index contributed by atoms with van der Waals surface area (Å²) in [6.07, 6.45) is 4.13. The molecule has 9 heteroatoms. The van der Waals surface area contributed by atoms with E-state index in [0.29, 0.717) is 44.8 Å². The number of nitrogens with one attached hydrogen (secondary N) is 2. The van der Waals surface area contributed by atoms with Crippen LogP contribution in [-0.4, -0.2) is 31.3 Å². The Kier molecular flexibility index (Phi) is 5.21. The van der Waals surface area contributed by atoms with Gasteiger partial charge in [-0.15, -0.1) is 0 Å². The van der Waals surface area contributed by atoms with E-state index in [1.165, 1.54) is 0 Å². The molecule has 0 saturated carbocycles. The van der Waals surface area contributed by atoms with Crippen molar-refractivity contribution in [1.29, 1.82) is 0 Å². The van der Waals surface area contributed by atoms with Gasteiger partial charge in [0.05, 0.1) is 11.0 Å². The number of aromatic nitrogens is 4. The molecular weight excluding hydrogens is 476 g/mol. The highest BCUT2D eigenvalue weighted by Gasteiger charge is 2.51. The molecule has 1 aliphatic heterocycles. The molecule has 8 nitrogen and oxygen atoms in total. The molecule has 3 heterocycles. The number of benzene rings is 3. The lowest BCUT2D eigenvalue weighted by molar-refractivity contribution is -0.109. The summed E-state index contributed by atoms with van der Waals surface area (Å²) in [5.74, 6) is 0.886. The number of H-pyrrole nitrogens is 1. The van der Waals surface area contributed by atoms with Crippen molar-refractivity contribution >= 4 is 46.5 Å². The van der Waals surface area contributed by atoms with Crippen molar-refractivity contribution in [3.8, 4) is 0 Å². The Hall–Kier alpha value is -4.27. The number of imidazole rings is 1. The molecule has 2 unspecified atom stereocenters. The first-order valence-electron chi connectivity index (χ1n) is 11.4. The fraction of sp³-hybridized carbons (Fsp3) is 0.111. The average molecular weight is 497 g/mol. The van der Waals surface area contributed by atoms with Crippen molar-refractivity contribution in [3.63, 3.8) is 0 Å². The Morgan fingerprint density at radius 2 is 1.89 bits per heavy atom. The molecule has 0 aliphatic carbocycles. The Morgan fingerprint density at radius 3 is 2.69 bits per heavy atom. The molecule has 3 aromatic carbocycles. The van der Waals surface area contributed by atoms with E-state index in [-0.39, 0.29) is 0 Å². The molecule has 0 spiro atoms. The number of nitrogens with zero attached hydrogens (tertiary/aromatic N) is 4. The number of aryl methyl sites for hydroxylation is 1. The zero-order chi connectivity index (χ0) is 24.9. The summed E-state index contributed by atoms with van der Waals surface area (Å²) in [6, 6.07) is 19.4. The van der Waals surface area contributed by atoms with Gasteiger partial charge in [-0.05, 0) is 48.4 Å². The number of aliphatic hydroxyl groups is 1. The SMILES string of the molecule is Cc1ccc(Cl)cc1N1C(C=O)c2ccccc2C1(O)c1ccc2nc(Nc3ncccn3)[nH]c2c1. The zero-order valence-corrected chi connectivity index (χ0v) is 19.9.